The molecule has 0 unspecified atom stereocenters. The maximum atomic E-state index is 12.6. The molecular weight excluding hydrogens is 390 g/mol. The number of aryl methyl sites for hydroxylation is 1. The summed E-state index contributed by atoms with van der Waals surface area (Å²) in [7, 11) is 1.81. The first-order valence-corrected chi connectivity index (χ1v) is 10.3. The minimum absolute atomic E-state index is 0.122. The molecule has 8 nitrogen and oxygen atoms in total. The van der Waals surface area contributed by atoms with Gasteiger partial charge in [-0.3, -0.25) is 4.98 Å². The molecule has 31 heavy (non-hydrogen) atoms. The van der Waals surface area contributed by atoms with Crippen molar-refractivity contribution in [2.24, 2.45) is 16.9 Å². The van der Waals surface area contributed by atoms with Crippen LogP contribution in [-0.4, -0.2) is 41.0 Å². The molecule has 0 atom stereocenters. The zero-order valence-corrected chi connectivity index (χ0v) is 18.6. The van der Waals surface area contributed by atoms with E-state index in [1.807, 2.05) is 30.0 Å². The SMILES string of the molecule is CNc1cc(C(/C=C(\N)c2cc(NC(=O)N3CCC(C)(C)C3)cnc2C)=C/N)ccn1. The summed E-state index contributed by atoms with van der Waals surface area (Å²) in [6.45, 7) is 7.70. The van der Waals surface area contributed by atoms with Gasteiger partial charge in [0.25, 0.3) is 0 Å². The molecule has 3 heterocycles. The zero-order chi connectivity index (χ0) is 22.6. The standard InChI is InChI=1S/C23H31N7O/c1-15-19(20(25)9-17(12-24)16-5-7-27-21(10-16)26-4)11-18(13-28-15)29-22(31)30-8-6-23(2,3)14-30/h5,7,9-13H,6,8,14,24-25H2,1-4H3,(H,26,27)(H,29,31)/b17-12+,20-9-. The van der Waals surface area contributed by atoms with Gasteiger partial charge < -0.3 is 27.0 Å². The average Bonchev–Trinajstić information content (AvgIpc) is 3.13. The Kier molecular flexibility index (Phi) is 6.48. The van der Waals surface area contributed by atoms with Gasteiger partial charge in [-0.25, -0.2) is 9.78 Å². The van der Waals surface area contributed by atoms with Gasteiger partial charge in [0.05, 0.1) is 11.9 Å². The number of rotatable bonds is 5. The quantitative estimate of drug-likeness (QED) is 0.549. The van der Waals surface area contributed by atoms with Crippen molar-refractivity contribution in [2.45, 2.75) is 27.2 Å². The third kappa shape index (κ3) is 5.33. The molecule has 2 amide bonds. The van der Waals surface area contributed by atoms with E-state index in [0.29, 0.717) is 11.4 Å². The molecule has 0 saturated carbocycles. The number of nitrogens with two attached hydrogens (primary N) is 2. The summed E-state index contributed by atoms with van der Waals surface area (Å²) in [5, 5.41) is 5.95. The van der Waals surface area contributed by atoms with Crippen LogP contribution in [0.3, 0.4) is 0 Å². The van der Waals surface area contributed by atoms with Crippen LogP contribution in [0, 0.1) is 12.3 Å². The monoisotopic (exact) mass is 421 g/mol. The van der Waals surface area contributed by atoms with Crippen molar-refractivity contribution < 1.29 is 4.79 Å². The molecule has 1 aliphatic heterocycles. The van der Waals surface area contributed by atoms with Gasteiger partial charge in [0.15, 0.2) is 0 Å². The molecular formula is C23H31N7O. The van der Waals surface area contributed by atoms with E-state index in [-0.39, 0.29) is 11.4 Å². The number of urea groups is 1. The fourth-order valence-electron chi connectivity index (χ4n) is 3.60. The summed E-state index contributed by atoms with van der Waals surface area (Å²) in [5.41, 5.74) is 16.7. The van der Waals surface area contributed by atoms with Crippen LogP contribution < -0.4 is 22.1 Å². The van der Waals surface area contributed by atoms with E-state index in [0.717, 1.165) is 47.7 Å². The van der Waals surface area contributed by atoms with Crippen LogP contribution >= 0.6 is 0 Å². The van der Waals surface area contributed by atoms with E-state index in [4.69, 9.17) is 11.5 Å². The first kappa shape index (κ1) is 22.1. The highest BCUT2D eigenvalue weighted by molar-refractivity contribution is 5.90. The fraction of sp³-hybridized carbons (Fsp3) is 0.348. The average molecular weight is 422 g/mol. The molecule has 2 aromatic heterocycles. The van der Waals surface area contributed by atoms with Crippen LogP contribution in [0.15, 0.2) is 42.9 Å². The molecule has 0 radical (unpaired) electrons. The van der Waals surface area contributed by atoms with Crippen LogP contribution in [0.5, 0.6) is 0 Å². The van der Waals surface area contributed by atoms with Crippen LogP contribution in [0.2, 0.25) is 0 Å². The predicted molar refractivity (Wildman–Crippen MR) is 126 cm³/mol. The molecule has 164 valence electrons. The molecule has 0 bridgehead atoms. The van der Waals surface area contributed by atoms with E-state index >= 15 is 0 Å². The number of hydrogen-bond donors (Lipinski definition) is 4. The number of anilines is 2. The smallest absolute Gasteiger partial charge is 0.321 e. The zero-order valence-electron chi connectivity index (χ0n) is 18.6. The van der Waals surface area contributed by atoms with E-state index < -0.39 is 0 Å². The van der Waals surface area contributed by atoms with E-state index in [2.05, 4.69) is 34.4 Å². The lowest BCUT2D eigenvalue weighted by atomic mass is 9.93. The maximum absolute atomic E-state index is 12.6. The van der Waals surface area contributed by atoms with E-state index in [9.17, 15) is 4.79 Å². The second kappa shape index (κ2) is 9.07. The van der Waals surface area contributed by atoms with Crippen molar-refractivity contribution in [1.29, 1.82) is 0 Å². The second-order valence-electron chi connectivity index (χ2n) is 8.52. The van der Waals surface area contributed by atoms with Gasteiger partial charge in [-0.1, -0.05) is 13.8 Å². The van der Waals surface area contributed by atoms with E-state index in [1.54, 1.807) is 25.5 Å². The highest BCUT2D eigenvalue weighted by atomic mass is 16.2. The molecule has 0 aliphatic carbocycles. The van der Waals surface area contributed by atoms with Crippen molar-refractivity contribution in [1.82, 2.24) is 14.9 Å². The predicted octanol–water partition coefficient (Wildman–Crippen LogP) is 3.39. The molecule has 1 aliphatic rings. The van der Waals surface area contributed by atoms with Crippen LogP contribution in [0.25, 0.3) is 11.3 Å². The van der Waals surface area contributed by atoms with Crippen molar-refractivity contribution >= 4 is 28.8 Å². The number of hydrogen-bond acceptors (Lipinski definition) is 6. The number of carbonyl (C=O) groups is 1. The van der Waals surface area contributed by atoms with Crippen molar-refractivity contribution in [3.8, 4) is 0 Å². The van der Waals surface area contributed by atoms with Gasteiger partial charge in [-0.2, -0.15) is 0 Å². The highest BCUT2D eigenvalue weighted by Crippen LogP contribution is 2.29. The Morgan fingerprint density at radius 3 is 2.71 bits per heavy atom. The van der Waals surface area contributed by atoms with Crippen LogP contribution in [-0.2, 0) is 0 Å². The van der Waals surface area contributed by atoms with Crippen LogP contribution in [0.1, 0.15) is 37.1 Å². The molecule has 1 fully saturated rings. The molecule has 8 heteroatoms. The molecule has 1 saturated heterocycles. The first-order chi connectivity index (χ1) is 14.7. The number of likely N-dealkylation sites (tertiary alicyclic amines) is 1. The van der Waals surface area contributed by atoms with Gasteiger partial charge in [0, 0.05) is 49.5 Å². The Labute approximate surface area is 183 Å². The molecule has 3 rings (SSSR count). The van der Waals surface area contributed by atoms with Crippen LogP contribution in [0.4, 0.5) is 16.3 Å². The summed E-state index contributed by atoms with van der Waals surface area (Å²) >= 11 is 0. The number of allylic oxidation sites excluding steroid dienone is 2. The van der Waals surface area contributed by atoms with Gasteiger partial charge in [0.2, 0.25) is 0 Å². The number of pyridine rings is 2. The van der Waals surface area contributed by atoms with E-state index in [1.165, 1.54) is 6.20 Å². The Balaban J connectivity index is 1.82. The Bertz CT molecular complexity index is 1030. The lowest BCUT2D eigenvalue weighted by molar-refractivity contribution is 0.217. The molecule has 0 aromatic carbocycles. The highest BCUT2D eigenvalue weighted by Gasteiger charge is 2.32. The summed E-state index contributed by atoms with van der Waals surface area (Å²) in [6, 6.07) is 5.47. The molecule has 0 spiro atoms. The number of carbonyl (C=O) groups excluding carboxylic acids is 1. The van der Waals surface area contributed by atoms with Crippen molar-refractivity contribution in [3.63, 3.8) is 0 Å². The Morgan fingerprint density at radius 2 is 2.06 bits per heavy atom. The number of nitrogens with one attached hydrogen (secondary N) is 2. The topological polar surface area (TPSA) is 122 Å². The van der Waals surface area contributed by atoms with Gasteiger partial charge in [-0.05, 0) is 54.2 Å². The summed E-state index contributed by atoms with van der Waals surface area (Å²) in [4.78, 5) is 23.1. The van der Waals surface area contributed by atoms with Gasteiger partial charge in [0.1, 0.15) is 5.82 Å². The summed E-state index contributed by atoms with van der Waals surface area (Å²) in [5.74, 6) is 0.733. The number of nitrogens with zero attached hydrogens (tertiary/aromatic N) is 3. The third-order valence-electron chi connectivity index (χ3n) is 5.45. The summed E-state index contributed by atoms with van der Waals surface area (Å²) < 4.78 is 0. The maximum Gasteiger partial charge on any atom is 0.321 e. The first-order valence-electron chi connectivity index (χ1n) is 10.3. The normalized spacial score (nSPS) is 16.3. The summed E-state index contributed by atoms with van der Waals surface area (Å²) in [6.07, 6.45) is 7.65. The van der Waals surface area contributed by atoms with Crippen molar-refractivity contribution in [2.75, 3.05) is 30.8 Å². The molecule has 2 aromatic rings. The second-order valence-corrected chi connectivity index (χ2v) is 8.52. The minimum atomic E-state index is -0.122. The lowest BCUT2D eigenvalue weighted by Crippen LogP contribution is -2.34. The Hall–Kier alpha value is -3.55. The third-order valence-corrected chi connectivity index (χ3v) is 5.45. The lowest BCUT2D eigenvalue weighted by Gasteiger charge is -2.20. The Morgan fingerprint density at radius 1 is 1.29 bits per heavy atom. The fourth-order valence-corrected chi connectivity index (χ4v) is 3.60. The molecule has 6 N–H and O–H groups in total. The van der Waals surface area contributed by atoms with Gasteiger partial charge in [-0.15, -0.1) is 0 Å². The number of aromatic nitrogens is 2. The van der Waals surface area contributed by atoms with Gasteiger partial charge >= 0.3 is 6.03 Å². The largest absolute Gasteiger partial charge is 0.404 e. The van der Waals surface area contributed by atoms with Crippen molar-refractivity contribution in [3.05, 3.63) is 59.7 Å². The minimum Gasteiger partial charge on any atom is -0.404 e. The number of amides is 2.